The summed E-state index contributed by atoms with van der Waals surface area (Å²) in [6, 6.07) is 8.94. The SMILES string of the molecule is N#Cc1ccc(OCC(O)CN2CCN(C(=O)CC3CCCCC3)CC2)cc1. The molecule has 1 heterocycles. The number of hydrogen-bond donors (Lipinski definition) is 1. The largest absolute Gasteiger partial charge is 0.491 e. The Labute approximate surface area is 167 Å². The van der Waals surface area contributed by atoms with E-state index in [9.17, 15) is 9.90 Å². The van der Waals surface area contributed by atoms with Gasteiger partial charge in [0.05, 0.1) is 11.6 Å². The van der Waals surface area contributed by atoms with Crippen LogP contribution in [0.15, 0.2) is 24.3 Å². The van der Waals surface area contributed by atoms with Gasteiger partial charge in [-0.1, -0.05) is 19.3 Å². The van der Waals surface area contributed by atoms with Gasteiger partial charge < -0.3 is 14.7 Å². The molecule has 1 aromatic carbocycles. The molecular formula is C22H31N3O3. The van der Waals surface area contributed by atoms with E-state index in [4.69, 9.17) is 10.00 Å². The van der Waals surface area contributed by atoms with E-state index in [1.165, 1.54) is 32.1 Å². The second-order valence-corrected chi connectivity index (χ2v) is 7.99. The molecule has 1 saturated carbocycles. The fraction of sp³-hybridized carbons (Fsp3) is 0.636. The second kappa shape index (κ2) is 10.4. The summed E-state index contributed by atoms with van der Waals surface area (Å²) in [5.74, 6) is 1.54. The molecule has 1 N–H and O–H groups in total. The Bertz CT molecular complexity index is 657. The fourth-order valence-electron chi connectivity index (χ4n) is 4.12. The Morgan fingerprint density at radius 2 is 1.82 bits per heavy atom. The van der Waals surface area contributed by atoms with Crippen LogP contribution in [0, 0.1) is 17.2 Å². The van der Waals surface area contributed by atoms with Crippen LogP contribution >= 0.6 is 0 Å². The first-order chi connectivity index (χ1) is 13.6. The minimum absolute atomic E-state index is 0.215. The third kappa shape index (κ3) is 6.22. The van der Waals surface area contributed by atoms with E-state index in [0.717, 1.165) is 26.2 Å². The molecule has 2 fully saturated rings. The third-order valence-corrected chi connectivity index (χ3v) is 5.81. The van der Waals surface area contributed by atoms with Gasteiger partial charge in [0.1, 0.15) is 18.5 Å². The number of ether oxygens (including phenoxy) is 1. The summed E-state index contributed by atoms with van der Waals surface area (Å²) in [6.45, 7) is 3.84. The van der Waals surface area contributed by atoms with Crippen molar-refractivity contribution < 1.29 is 14.6 Å². The highest BCUT2D eigenvalue weighted by atomic mass is 16.5. The number of β-amino-alcohol motifs (C(OH)–C–C–N with tert-alkyl or cyclic N) is 1. The van der Waals surface area contributed by atoms with Crippen molar-refractivity contribution in [3.63, 3.8) is 0 Å². The van der Waals surface area contributed by atoms with Crippen molar-refractivity contribution in [3.8, 4) is 11.8 Å². The van der Waals surface area contributed by atoms with Crippen molar-refractivity contribution >= 4 is 5.91 Å². The van der Waals surface area contributed by atoms with Crippen LogP contribution in [-0.2, 0) is 4.79 Å². The molecule has 1 aliphatic heterocycles. The van der Waals surface area contributed by atoms with Crippen LogP contribution in [0.1, 0.15) is 44.1 Å². The predicted molar refractivity (Wildman–Crippen MR) is 107 cm³/mol. The molecule has 2 aliphatic rings. The van der Waals surface area contributed by atoms with Gasteiger partial charge in [0.2, 0.25) is 5.91 Å². The molecule has 1 atom stereocenters. The molecule has 1 aromatic rings. The molecule has 6 heteroatoms. The summed E-state index contributed by atoms with van der Waals surface area (Å²) in [4.78, 5) is 16.7. The molecule has 1 amide bonds. The van der Waals surface area contributed by atoms with Gasteiger partial charge >= 0.3 is 0 Å². The summed E-state index contributed by atoms with van der Waals surface area (Å²) >= 11 is 0. The fourth-order valence-corrected chi connectivity index (χ4v) is 4.12. The smallest absolute Gasteiger partial charge is 0.222 e. The number of rotatable bonds is 7. The van der Waals surface area contributed by atoms with Crippen molar-refractivity contribution in [2.75, 3.05) is 39.3 Å². The highest BCUT2D eigenvalue weighted by Crippen LogP contribution is 2.27. The Hall–Kier alpha value is -2.10. The Morgan fingerprint density at radius 3 is 2.46 bits per heavy atom. The van der Waals surface area contributed by atoms with Crippen LogP contribution in [0.5, 0.6) is 5.75 Å². The normalized spacial score (nSPS) is 19.8. The Kier molecular flexibility index (Phi) is 7.70. The molecule has 1 aliphatic carbocycles. The number of hydrogen-bond acceptors (Lipinski definition) is 5. The second-order valence-electron chi connectivity index (χ2n) is 7.99. The predicted octanol–water partition coefficient (Wildman–Crippen LogP) is 2.41. The first-order valence-electron chi connectivity index (χ1n) is 10.4. The van der Waals surface area contributed by atoms with Gasteiger partial charge in [-0.2, -0.15) is 5.26 Å². The highest BCUT2D eigenvalue weighted by Gasteiger charge is 2.25. The summed E-state index contributed by atoms with van der Waals surface area (Å²) < 4.78 is 5.60. The maximum Gasteiger partial charge on any atom is 0.222 e. The molecule has 6 nitrogen and oxygen atoms in total. The number of piperazine rings is 1. The van der Waals surface area contributed by atoms with Crippen molar-refractivity contribution in [1.82, 2.24) is 9.80 Å². The van der Waals surface area contributed by atoms with Gasteiger partial charge in [0, 0.05) is 39.1 Å². The van der Waals surface area contributed by atoms with Crippen molar-refractivity contribution in [3.05, 3.63) is 29.8 Å². The lowest BCUT2D eigenvalue weighted by molar-refractivity contribution is -0.134. The van der Waals surface area contributed by atoms with E-state index in [1.54, 1.807) is 24.3 Å². The minimum atomic E-state index is -0.583. The lowest BCUT2D eigenvalue weighted by Gasteiger charge is -2.36. The molecular weight excluding hydrogens is 354 g/mol. The molecule has 0 spiro atoms. The number of nitrogens with zero attached hydrogens (tertiary/aromatic N) is 3. The van der Waals surface area contributed by atoms with E-state index in [1.807, 2.05) is 4.90 Å². The molecule has 1 unspecified atom stereocenters. The van der Waals surface area contributed by atoms with E-state index >= 15 is 0 Å². The molecule has 0 bridgehead atoms. The van der Waals surface area contributed by atoms with Gasteiger partial charge in [-0.3, -0.25) is 9.69 Å². The van der Waals surface area contributed by atoms with Crippen LogP contribution in [-0.4, -0.2) is 66.2 Å². The summed E-state index contributed by atoms with van der Waals surface area (Å²) in [5, 5.41) is 19.1. The van der Waals surface area contributed by atoms with Crippen LogP contribution in [0.25, 0.3) is 0 Å². The van der Waals surface area contributed by atoms with E-state index in [-0.39, 0.29) is 6.61 Å². The first-order valence-corrected chi connectivity index (χ1v) is 10.4. The molecule has 0 aromatic heterocycles. The zero-order chi connectivity index (χ0) is 19.8. The van der Waals surface area contributed by atoms with Crippen LogP contribution in [0.4, 0.5) is 0 Å². The lowest BCUT2D eigenvalue weighted by atomic mass is 9.86. The first kappa shape index (κ1) is 20.6. The third-order valence-electron chi connectivity index (χ3n) is 5.81. The minimum Gasteiger partial charge on any atom is -0.491 e. The van der Waals surface area contributed by atoms with Crippen molar-refractivity contribution in [2.24, 2.45) is 5.92 Å². The van der Waals surface area contributed by atoms with Crippen LogP contribution < -0.4 is 4.74 Å². The molecule has 28 heavy (non-hydrogen) atoms. The Morgan fingerprint density at radius 1 is 1.14 bits per heavy atom. The topological polar surface area (TPSA) is 76.8 Å². The molecule has 3 rings (SSSR count). The van der Waals surface area contributed by atoms with E-state index < -0.39 is 6.10 Å². The number of amides is 1. The van der Waals surface area contributed by atoms with Gasteiger partial charge in [-0.05, 0) is 43.0 Å². The zero-order valence-electron chi connectivity index (χ0n) is 16.6. The summed E-state index contributed by atoms with van der Waals surface area (Å²) in [5.41, 5.74) is 0.587. The molecule has 152 valence electrons. The van der Waals surface area contributed by atoms with Crippen molar-refractivity contribution in [2.45, 2.75) is 44.6 Å². The average Bonchev–Trinajstić information content (AvgIpc) is 2.74. The number of nitriles is 1. The summed E-state index contributed by atoms with van der Waals surface area (Å²) in [7, 11) is 0. The van der Waals surface area contributed by atoms with E-state index in [2.05, 4.69) is 11.0 Å². The van der Waals surface area contributed by atoms with Crippen molar-refractivity contribution in [1.29, 1.82) is 5.26 Å². The monoisotopic (exact) mass is 385 g/mol. The molecule has 1 saturated heterocycles. The van der Waals surface area contributed by atoms with Gasteiger partial charge in [-0.25, -0.2) is 0 Å². The van der Waals surface area contributed by atoms with Gasteiger partial charge in [0.15, 0.2) is 0 Å². The standard InChI is InChI=1S/C22H31N3O3/c23-15-19-6-8-21(9-7-19)28-17-20(26)16-24-10-12-25(13-11-24)22(27)14-18-4-2-1-3-5-18/h6-9,18,20,26H,1-5,10-14,16-17H2. The van der Waals surface area contributed by atoms with Crippen LogP contribution in [0.3, 0.4) is 0 Å². The molecule has 0 radical (unpaired) electrons. The maximum absolute atomic E-state index is 12.5. The number of aliphatic hydroxyl groups is 1. The van der Waals surface area contributed by atoms with E-state index in [0.29, 0.717) is 36.1 Å². The number of aliphatic hydroxyl groups excluding tert-OH is 1. The Balaban J connectivity index is 1.34. The highest BCUT2D eigenvalue weighted by molar-refractivity contribution is 5.76. The quantitative estimate of drug-likeness (QED) is 0.780. The number of benzene rings is 1. The number of carbonyl (C=O) groups excluding carboxylic acids is 1. The number of carbonyl (C=O) groups is 1. The van der Waals surface area contributed by atoms with Gasteiger partial charge in [-0.15, -0.1) is 0 Å². The van der Waals surface area contributed by atoms with Crippen LogP contribution in [0.2, 0.25) is 0 Å². The average molecular weight is 386 g/mol. The zero-order valence-corrected chi connectivity index (χ0v) is 16.6. The lowest BCUT2D eigenvalue weighted by Crippen LogP contribution is -2.51. The van der Waals surface area contributed by atoms with Gasteiger partial charge in [0.25, 0.3) is 0 Å². The summed E-state index contributed by atoms with van der Waals surface area (Å²) in [6.07, 6.45) is 6.40. The maximum atomic E-state index is 12.5.